The van der Waals surface area contributed by atoms with Crippen LogP contribution in [0.15, 0.2) is 25.3 Å². The first kappa shape index (κ1) is 30.7. The van der Waals surface area contributed by atoms with Gasteiger partial charge in [-0.25, -0.2) is 0 Å². The average molecular weight is 549 g/mol. The number of aliphatic hydroxyl groups excluding tert-OH is 1. The van der Waals surface area contributed by atoms with Gasteiger partial charge in [0.05, 0.1) is 35.8 Å². The van der Waals surface area contributed by atoms with Gasteiger partial charge in [0, 0.05) is 17.8 Å². The normalized spacial score (nSPS) is 31.1. The van der Waals surface area contributed by atoms with Crippen LogP contribution in [0.4, 0.5) is 0 Å². The summed E-state index contributed by atoms with van der Waals surface area (Å²) in [5, 5.41) is 10.5. The van der Waals surface area contributed by atoms with Gasteiger partial charge in [-0.3, -0.25) is 14.4 Å². The molecule has 2 amide bonds. The Hall–Kier alpha value is -1.80. The number of ether oxygens (including phenoxy) is 1. The van der Waals surface area contributed by atoms with Crippen molar-refractivity contribution in [2.24, 2.45) is 17.8 Å². The van der Waals surface area contributed by atoms with Crippen molar-refractivity contribution in [3.05, 3.63) is 25.3 Å². The van der Waals surface area contributed by atoms with E-state index in [-0.39, 0.29) is 30.3 Å². The van der Waals surface area contributed by atoms with Gasteiger partial charge in [0.2, 0.25) is 11.8 Å². The number of unbranched alkanes of at least 4 members (excludes halogenated alkanes) is 3. The minimum absolute atomic E-state index is 0.00418. The molecule has 7 atom stereocenters. The molecule has 3 aliphatic heterocycles. The van der Waals surface area contributed by atoms with Crippen LogP contribution >= 0.6 is 11.8 Å². The molecule has 3 fully saturated rings. The van der Waals surface area contributed by atoms with Crippen LogP contribution in [-0.4, -0.2) is 80.6 Å². The third-order valence-corrected chi connectivity index (χ3v) is 11.0. The van der Waals surface area contributed by atoms with Crippen molar-refractivity contribution in [2.45, 2.75) is 101 Å². The maximum Gasteiger partial charge on any atom is 0.311 e. The molecule has 3 rings (SSSR count). The van der Waals surface area contributed by atoms with Crippen molar-refractivity contribution >= 4 is 29.5 Å². The number of hydrogen-bond acceptors (Lipinski definition) is 6. The lowest BCUT2D eigenvalue weighted by Gasteiger charge is -2.41. The molecule has 38 heavy (non-hydrogen) atoms. The monoisotopic (exact) mass is 548 g/mol. The van der Waals surface area contributed by atoms with Crippen LogP contribution in [-0.2, 0) is 19.1 Å². The van der Waals surface area contributed by atoms with Crippen LogP contribution in [0.25, 0.3) is 0 Å². The lowest BCUT2D eigenvalue weighted by atomic mass is 9.66. The molecule has 7 nitrogen and oxygen atoms in total. The number of rotatable bonds is 16. The molecule has 3 heterocycles. The summed E-state index contributed by atoms with van der Waals surface area (Å²) < 4.78 is 4.54. The Morgan fingerprint density at radius 3 is 2.58 bits per heavy atom. The van der Waals surface area contributed by atoms with Gasteiger partial charge >= 0.3 is 5.97 Å². The number of aliphatic hydroxyl groups is 1. The van der Waals surface area contributed by atoms with E-state index in [1.807, 2.05) is 18.7 Å². The van der Waals surface area contributed by atoms with E-state index < -0.39 is 33.4 Å². The Balaban J connectivity index is 2.04. The van der Waals surface area contributed by atoms with E-state index in [0.717, 1.165) is 38.5 Å². The predicted octanol–water partition coefficient (Wildman–Crippen LogP) is 4.59. The highest BCUT2D eigenvalue weighted by Crippen LogP contribution is 2.72. The average Bonchev–Trinajstić information content (AvgIpc) is 3.47. The molecule has 8 heteroatoms. The van der Waals surface area contributed by atoms with Crippen LogP contribution in [0, 0.1) is 17.8 Å². The minimum Gasteiger partial charge on any atom is -0.465 e. The largest absolute Gasteiger partial charge is 0.465 e. The number of allylic oxidation sites excluding steroid dienone is 1. The second kappa shape index (κ2) is 13.0. The number of hydrogen-bond donors (Lipinski definition) is 1. The first-order chi connectivity index (χ1) is 18.2. The van der Waals surface area contributed by atoms with Crippen molar-refractivity contribution < 1.29 is 24.2 Å². The molecule has 0 aromatic carbocycles. The van der Waals surface area contributed by atoms with E-state index in [4.69, 9.17) is 4.74 Å². The first-order valence-electron chi connectivity index (χ1n) is 14.5. The number of esters is 1. The van der Waals surface area contributed by atoms with Crippen LogP contribution in [0.2, 0.25) is 0 Å². The SMILES string of the molecule is C=CCCCOC(=O)[C@@H]1[C@H]2C(=O)N([C@@H](CO)[C@@H](C)CC)C(C(=O)N(CC=C)CCCCC)C23CC[C@@]1(C)S3. The Morgan fingerprint density at radius 1 is 1.24 bits per heavy atom. The smallest absolute Gasteiger partial charge is 0.311 e. The third kappa shape index (κ3) is 5.45. The Kier molecular flexibility index (Phi) is 10.5. The van der Waals surface area contributed by atoms with Gasteiger partial charge in [0.15, 0.2) is 0 Å². The first-order valence-corrected chi connectivity index (χ1v) is 15.3. The second-order valence-corrected chi connectivity index (χ2v) is 13.4. The fraction of sp³-hybridized carbons (Fsp3) is 0.767. The van der Waals surface area contributed by atoms with Crippen molar-refractivity contribution in [3.8, 4) is 0 Å². The van der Waals surface area contributed by atoms with E-state index in [2.05, 4.69) is 27.0 Å². The highest BCUT2D eigenvalue weighted by molar-refractivity contribution is 8.02. The van der Waals surface area contributed by atoms with Gasteiger partial charge in [-0.15, -0.1) is 24.9 Å². The number of carbonyl (C=O) groups excluding carboxylic acids is 3. The zero-order valence-corrected chi connectivity index (χ0v) is 24.6. The minimum atomic E-state index is -0.724. The summed E-state index contributed by atoms with van der Waals surface area (Å²) in [6.07, 6.45) is 10.1. The topological polar surface area (TPSA) is 87.1 Å². The molecule has 1 N–H and O–H groups in total. The highest BCUT2D eigenvalue weighted by Gasteiger charge is 2.78. The van der Waals surface area contributed by atoms with Gasteiger partial charge < -0.3 is 19.6 Å². The summed E-state index contributed by atoms with van der Waals surface area (Å²) in [6, 6.07) is -1.21. The molecule has 2 unspecified atom stereocenters. The van der Waals surface area contributed by atoms with Gasteiger partial charge in [0.1, 0.15) is 6.04 Å². The molecule has 0 aromatic rings. The molecule has 1 spiro atoms. The van der Waals surface area contributed by atoms with Crippen molar-refractivity contribution in [1.29, 1.82) is 0 Å². The Bertz CT molecular complexity index is 896. The molecular formula is C30H48N2O5S. The number of likely N-dealkylation sites (tertiary alicyclic amines) is 1. The van der Waals surface area contributed by atoms with Crippen LogP contribution in [0.3, 0.4) is 0 Å². The molecule has 3 saturated heterocycles. The molecule has 0 aromatic heterocycles. The summed E-state index contributed by atoms with van der Waals surface area (Å²) in [6.45, 7) is 16.9. The van der Waals surface area contributed by atoms with Gasteiger partial charge in [-0.2, -0.15) is 0 Å². The van der Waals surface area contributed by atoms with E-state index in [9.17, 15) is 19.5 Å². The number of thioether (sulfide) groups is 1. The summed E-state index contributed by atoms with van der Waals surface area (Å²) in [5.74, 6) is -1.85. The quantitative estimate of drug-likeness (QED) is 0.173. The van der Waals surface area contributed by atoms with E-state index in [0.29, 0.717) is 32.5 Å². The van der Waals surface area contributed by atoms with Crippen LogP contribution in [0.1, 0.15) is 79.1 Å². The molecule has 0 saturated carbocycles. The molecule has 2 bridgehead atoms. The number of carbonyl (C=O) groups is 3. The van der Waals surface area contributed by atoms with Crippen molar-refractivity contribution in [3.63, 3.8) is 0 Å². The van der Waals surface area contributed by atoms with Gasteiger partial charge in [0.25, 0.3) is 0 Å². The van der Waals surface area contributed by atoms with Gasteiger partial charge in [-0.1, -0.05) is 52.2 Å². The molecule has 0 aliphatic carbocycles. The summed E-state index contributed by atoms with van der Waals surface area (Å²) >= 11 is 1.65. The van der Waals surface area contributed by atoms with Crippen LogP contribution < -0.4 is 0 Å². The number of amides is 2. The lowest BCUT2D eigenvalue weighted by molar-refractivity contribution is -0.156. The maximum absolute atomic E-state index is 14.4. The standard InChI is InChI=1S/C30H48N2O5S/c1-7-11-13-18-31(17-9-3)27(35)25-30-16-15-29(6,38-30)24(28(36)37-19-14-12-8-2)23(30)26(34)32(25)22(20-33)21(5)10-4/h8-9,21-25,33H,2-3,7,10-20H2,1,4-6H3/t21-,22-,23-,24-,25?,29+,30?/m0/s1. The molecule has 3 aliphatic rings. The van der Waals surface area contributed by atoms with Crippen LogP contribution in [0.5, 0.6) is 0 Å². The third-order valence-electron chi connectivity index (χ3n) is 9.04. The summed E-state index contributed by atoms with van der Waals surface area (Å²) in [7, 11) is 0. The number of fused-ring (bicyclic) bond motifs is 1. The second-order valence-electron chi connectivity index (χ2n) is 11.5. The Morgan fingerprint density at radius 2 is 1.97 bits per heavy atom. The maximum atomic E-state index is 14.4. The zero-order valence-electron chi connectivity index (χ0n) is 23.8. The Labute approximate surface area is 233 Å². The van der Waals surface area contributed by atoms with E-state index in [1.165, 1.54) is 0 Å². The van der Waals surface area contributed by atoms with E-state index in [1.54, 1.807) is 28.8 Å². The fourth-order valence-corrected chi connectivity index (χ4v) is 9.16. The van der Waals surface area contributed by atoms with Crippen molar-refractivity contribution in [1.82, 2.24) is 9.80 Å². The highest BCUT2D eigenvalue weighted by atomic mass is 32.2. The fourth-order valence-electron chi connectivity index (χ4n) is 6.84. The van der Waals surface area contributed by atoms with E-state index >= 15 is 0 Å². The lowest BCUT2D eigenvalue weighted by Crippen LogP contribution is -2.58. The molecular weight excluding hydrogens is 500 g/mol. The van der Waals surface area contributed by atoms with Crippen molar-refractivity contribution in [2.75, 3.05) is 26.3 Å². The number of nitrogens with zero attached hydrogens (tertiary/aromatic N) is 2. The van der Waals surface area contributed by atoms with Gasteiger partial charge in [-0.05, 0) is 44.9 Å². The predicted molar refractivity (Wildman–Crippen MR) is 153 cm³/mol. The summed E-state index contributed by atoms with van der Waals surface area (Å²) in [5.41, 5.74) is 0. The zero-order chi connectivity index (χ0) is 28.1. The molecule has 214 valence electrons. The summed E-state index contributed by atoms with van der Waals surface area (Å²) in [4.78, 5) is 45.8. The molecule has 0 radical (unpaired) electrons.